The zero-order valence-corrected chi connectivity index (χ0v) is 10.3. The van der Waals surface area contributed by atoms with Gasteiger partial charge in [-0.1, -0.05) is 12.1 Å². The third-order valence-corrected chi connectivity index (χ3v) is 3.65. The van der Waals surface area contributed by atoms with E-state index in [9.17, 15) is 0 Å². The molecule has 2 aromatic heterocycles. The Hall–Kier alpha value is -1.74. The molecule has 1 N–H and O–H groups in total. The third kappa shape index (κ3) is 2.41. The summed E-state index contributed by atoms with van der Waals surface area (Å²) in [6.45, 7) is 1.05. The van der Waals surface area contributed by atoms with Crippen molar-refractivity contribution in [2.45, 2.75) is 24.8 Å². The molecule has 1 saturated heterocycles. The molecular formula is C15H17N3. The lowest BCUT2D eigenvalue weighted by atomic mass is 9.85. The van der Waals surface area contributed by atoms with Gasteiger partial charge in [0.2, 0.25) is 0 Å². The van der Waals surface area contributed by atoms with Crippen molar-refractivity contribution < 1.29 is 0 Å². The average molecular weight is 239 g/mol. The topological polar surface area (TPSA) is 37.8 Å². The van der Waals surface area contributed by atoms with E-state index in [1.165, 1.54) is 17.5 Å². The summed E-state index contributed by atoms with van der Waals surface area (Å²) in [6.07, 6.45) is 9.92. The molecular weight excluding hydrogens is 222 g/mol. The SMILES string of the molecule is c1cncc([C@H]2CCN[C@H](c3cccnc3)C2)c1. The molecule has 3 heterocycles. The molecule has 2 aromatic rings. The summed E-state index contributed by atoms with van der Waals surface area (Å²) in [4.78, 5) is 8.43. The van der Waals surface area contributed by atoms with Crippen molar-refractivity contribution in [1.82, 2.24) is 15.3 Å². The second kappa shape index (κ2) is 5.27. The van der Waals surface area contributed by atoms with Crippen LogP contribution in [0, 0.1) is 0 Å². The number of nitrogens with zero attached hydrogens (tertiary/aromatic N) is 2. The normalized spacial score (nSPS) is 23.8. The first-order valence-corrected chi connectivity index (χ1v) is 6.47. The zero-order chi connectivity index (χ0) is 12.2. The Morgan fingerprint density at radius 3 is 2.39 bits per heavy atom. The second-order valence-electron chi connectivity index (χ2n) is 4.80. The fourth-order valence-corrected chi connectivity index (χ4v) is 2.67. The minimum absolute atomic E-state index is 0.414. The van der Waals surface area contributed by atoms with E-state index in [1.807, 2.05) is 36.9 Å². The standard InChI is InChI=1S/C15H17N3/c1-3-13(10-16-6-1)12-5-8-18-15(9-12)14-4-2-7-17-11-14/h1-4,6-7,10-12,15,18H,5,8-9H2/t12-,15-/m0/s1. The summed E-state index contributed by atoms with van der Waals surface area (Å²) in [5.41, 5.74) is 2.64. The molecule has 0 aromatic carbocycles. The quantitative estimate of drug-likeness (QED) is 0.875. The number of pyridine rings is 2. The van der Waals surface area contributed by atoms with E-state index in [4.69, 9.17) is 0 Å². The summed E-state index contributed by atoms with van der Waals surface area (Å²) < 4.78 is 0. The summed E-state index contributed by atoms with van der Waals surface area (Å²) in [6, 6.07) is 8.78. The van der Waals surface area contributed by atoms with Gasteiger partial charge in [0.15, 0.2) is 0 Å². The Balaban J connectivity index is 1.77. The van der Waals surface area contributed by atoms with Gasteiger partial charge in [0.25, 0.3) is 0 Å². The lowest BCUT2D eigenvalue weighted by Gasteiger charge is -2.30. The maximum absolute atomic E-state index is 4.22. The van der Waals surface area contributed by atoms with E-state index >= 15 is 0 Å². The van der Waals surface area contributed by atoms with Crippen LogP contribution in [0.5, 0.6) is 0 Å². The van der Waals surface area contributed by atoms with Crippen LogP contribution >= 0.6 is 0 Å². The molecule has 0 aliphatic carbocycles. The minimum Gasteiger partial charge on any atom is -0.310 e. The Morgan fingerprint density at radius 2 is 1.72 bits per heavy atom. The number of hydrogen-bond acceptors (Lipinski definition) is 3. The van der Waals surface area contributed by atoms with E-state index in [0.29, 0.717) is 12.0 Å². The largest absolute Gasteiger partial charge is 0.310 e. The molecule has 1 aliphatic rings. The summed E-state index contributed by atoms with van der Waals surface area (Å²) in [7, 11) is 0. The Labute approximate surface area is 107 Å². The van der Waals surface area contributed by atoms with E-state index in [-0.39, 0.29) is 0 Å². The first-order valence-electron chi connectivity index (χ1n) is 6.47. The highest BCUT2D eigenvalue weighted by Gasteiger charge is 2.23. The number of rotatable bonds is 2. The van der Waals surface area contributed by atoms with Crippen molar-refractivity contribution in [2.75, 3.05) is 6.54 Å². The second-order valence-corrected chi connectivity index (χ2v) is 4.80. The molecule has 18 heavy (non-hydrogen) atoms. The van der Waals surface area contributed by atoms with Crippen LogP contribution in [-0.4, -0.2) is 16.5 Å². The molecule has 3 rings (SSSR count). The molecule has 3 nitrogen and oxygen atoms in total. The van der Waals surface area contributed by atoms with Crippen molar-refractivity contribution >= 4 is 0 Å². The van der Waals surface area contributed by atoms with Crippen LogP contribution in [0.25, 0.3) is 0 Å². The van der Waals surface area contributed by atoms with Crippen molar-refractivity contribution in [1.29, 1.82) is 0 Å². The van der Waals surface area contributed by atoms with Gasteiger partial charge in [0.1, 0.15) is 0 Å². The molecule has 1 fully saturated rings. The zero-order valence-electron chi connectivity index (χ0n) is 10.3. The molecule has 0 unspecified atom stereocenters. The lowest BCUT2D eigenvalue weighted by molar-refractivity contribution is 0.369. The average Bonchev–Trinajstić information content (AvgIpc) is 2.49. The van der Waals surface area contributed by atoms with Crippen LogP contribution in [0.2, 0.25) is 0 Å². The smallest absolute Gasteiger partial charge is 0.0341 e. The predicted octanol–water partition coefficient (Wildman–Crippen LogP) is 2.68. The molecule has 1 aliphatic heterocycles. The van der Waals surface area contributed by atoms with Gasteiger partial charge in [0, 0.05) is 30.8 Å². The van der Waals surface area contributed by atoms with Gasteiger partial charge < -0.3 is 5.32 Å². The number of aromatic nitrogens is 2. The van der Waals surface area contributed by atoms with E-state index < -0.39 is 0 Å². The van der Waals surface area contributed by atoms with Crippen LogP contribution < -0.4 is 5.32 Å². The molecule has 92 valence electrons. The molecule has 0 radical (unpaired) electrons. The molecule has 0 saturated carbocycles. The first kappa shape index (κ1) is 11.4. The first-order chi connectivity index (χ1) is 8.93. The van der Waals surface area contributed by atoms with Gasteiger partial charge in [0.05, 0.1) is 0 Å². The van der Waals surface area contributed by atoms with Gasteiger partial charge in [-0.3, -0.25) is 9.97 Å². The van der Waals surface area contributed by atoms with Gasteiger partial charge in [-0.05, 0) is 48.6 Å². The van der Waals surface area contributed by atoms with Crippen molar-refractivity contribution in [3.05, 3.63) is 60.2 Å². The number of hydrogen-bond donors (Lipinski definition) is 1. The summed E-state index contributed by atoms with van der Waals surface area (Å²) >= 11 is 0. The Morgan fingerprint density at radius 1 is 1.00 bits per heavy atom. The third-order valence-electron chi connectivity index (χ3n) is 3.65. The maximum atomic E-state index is 4.22. The minimum atomic E-state index is 0.414. The van der Waals surface area contributed by atoms with Crippen molar-refractivity contribution in [3.8, 4) is 0 Å². The maximum Gasteiger partial charge on any atom is 0.0341 e. The van der Waals surface area contributed by atoms with Crippen LogP contribution in [0.15, 0.2) is 49.1 Å². The van der Waals surface area contributed by atoms with Crippen LogP contribution in [0.3, 0.4) is 0 Å². The van der Waals surface area contributed by atoms with Crippen LogP contribution in [-0.2, 0) is 0 Å². The Kier molecular flexibility index (Phi) is 3.33. The lowest BCUT2D eigenvalue weighted by Crippen LogP contribution is -2.31. The molecule has 2 atom stereocenters. The molecule has 0 spiro atoms. The van der Waals surface area contributed by atoms with Crippen LogP contribution in [0.4, 0.5) is 0 Å². The molecule has 0 amide bonds. The van der Waals surface area contributed by atoms with E-state index in [1.54, 1.807) is 0 Å². The number of piperidine rings is 1. The summed E-state index contributed by atoms with van der Waals surface area (Å²) in [5.74, 6) is 0.602. The Bertz CT molecular complexity index is 438. The monoisotopic (exact) mass is 239 g/mol. The summed E-state index contributed by atoms with van der Waals surface area (Å²) in [5, 5.41) is 3.57. The van der Waals surface area contributed by atoms with Crippen LogP contribution in [0.1, 0.15) is 35.9 Å². The van der Waals surface area contributed by atoms with Crippen molar-refractivity contribution in [2.24, 2.45) is 0 Å². The molecule has 0 bridgehead atoms. The predicted molar refractivity (Wildman–Crippen MR) is 71.2 cm³/mol. The molecule has 3 heteroatoms. The van der Waals surface area contributed by atoms with E-state index in [0.717, 1.165) is 13.0 Å². The van der Waals surface area contributed by atoms with Gasteiger partial charge in [-0.15, -0.1) is 0 Å². The van der Waals surface area contributed by atoms with Gasteiger partial charge in [-0.25, -0.2) is 0 Å². The fourth-order valence-electron chi connectivity index (χ4n) is 2.67. The highest BCUT2D eigenvalue weighted by atomic mass is 14.9. The van der Waals surface area contributed by atoms with Gasteiger partial charge in [-0.2, -0.15) is 0 Å². The highest BCUT2D eigenvalue weighted by Crippen LogP contribution is 2.33. The number of nitrogens with one attached hydrogen (secondary N) is 1. The fraction of sp³-hybridized carbons (Fsp3) is 0.333. The van der Waals surface area contributed by atoms with E-state index in [2.05, 4.69) is 27.4 Å². The highest BCUT2D eigenvalue weighted by molar-refractivity contribution is 5.20. The van der Waals surface area contributed by atoms with Crippen molar-refractivity contribution in [3.63, 3.8) is 0 Å². The van der Waals surface area contributed by atoms with Gasteiger partial charge >= 0.3 is 0 Å².